The van der Waals surface area contributed by atoms with E-state index in [1.165, 1.54) is 12.4 Å². The molecule has 1 atom stereocenters. The SMILES string of the molecule is Cc1ncc(O)c(C=NCC(=O)OC(C)(C)C)c1-c1cc(C(=O)N[C@H](C(=O)OC(C)(C)C)C(C)(C)C)cc2ccccc12. The van der Waals surface area contributed by atoms with Crippen LogP contribution in [0.5, 0.6) is 5.75 Å². The maximum absolute atomic E-state index is 13.7. The summed E-state index contributed by atoms with van der Waals surface area (Å²) in [7, 11) is 0. The molecule has 1 heterocycles. The fourth-order valence-corrected chi connectivity index (χ4v) is 4.52. The molecule has 0 spiro atoms. The Kier molecular flexibility index (Phi) is 9.69. The zero-order valence-electron chi connectivity index (χ0n) is 26.8. The molecular weight excluding hydrogens is 546 g/mol. The van der Waals surface area contributed by atoms with Crippen LogP contribution in [0.4, 0.5) is 0 Å². The molecule has 9 heteroatoms. The van der Waals surface area contributed by atoms with E-state index in [1.54, 1.807) is 60.6 Å². The number of carbonyl (C=O) groups is 3. The highest BCUT2D eigenvalue weighted by Crippen LogP contribution is 2.37. The lowest BCUT2D eigenvalue weighted by molar-refractivity contribution is -0.160. The monoisotopic (exact) mass is 589 g/mol. The summed E-state index contributed by atoms with van der Waals surface area (Å²) >= 11 is 0. The van der Waals surface area contributed by atoms with Crippen LogP contribution in [-0.2, 0) is 19.1 Å². The first-order chi connectivity index (χ1) is 19.8. The van der Waals surface area contributed by atoms with Crippen LogP contribution in [0.3, 0.4) is 0 Å². The molecule has 9 nitrogen and oxygen atoms in total. The molecule has 0 aliphatic heterocycles. The number of aromatic hydroxyl groups is 1. The van der Waals surface area contributed by atoms with Crippen LogP contribution in [0.1, 0.15) is 83.9 Å². The van der Waals surface area contributed by atoms with E-state index in [9.17, 15) is 19.5 Å². The standard InChI is InChI=1S/C34H43N3O6/c1-20-28(25(26(38)18-36-20)17-35-19-27(39)42-33(5,6)7)24-16-22(15-21-13-11-12-14-23(21)24)30(40)37-29(32(2,3)4)31(41)43-34(8,9)10/h11-18,29,38H,19H2,1-10H3,(H,37,40)/t29-/m1/s1. The number of nitrogens with zero attached hydrogens (tertiary/aromatic N) is 2. The van der Waals surface area contributed by atoms with Crippen LogP contribution in [0, 0.1) is 12.3 Å². The summed E-state index contributed by atoms with van der Waals surface area (Å²) in [5.41, 5.74) is 0.434. The molecule has 0 aliphatic rings. The molecule has 0 saturated carbocycles. The van der Waals surface area contributed by atoms with Crippen molar-refractivity contribution in [2.45, 2.75) is 86.5 Å². The van der Waals surface area contributed by atoms with Crippen LogP contribution in [0.25, 0.3) is 21.9 Å². The van der Waals surface area contributed by atoms with Gasteiger partial charge in [0, 0.05) is 28.6 Å². The highest BCUT2D eigenvalue weighted by Gasteiger charge is 2.36. The molecule has 1 amide bonds. The topological polar surface area (TPSA) is 127 Å². The molecule has 230 valence electrons. The summed E-state index contributed by atoms with van der Waals surface area (Å²) < 4.78 is 11.0. The Hall–Kier alpha value is -4.27. The number of benzene rings is 2. The van der Waals surface area contributed by atoms with E-state index < -0.39 is 40.5 Å². The average molecular weight is 590 g/mol. The van der Waals surface area contributed by atoms with E-state index in [4.69, 9.17) is 9.47 Å². The van der Waals surface area contributed by atoms with Gasteiger partial charge in [0.1, 0.15) is 29.5 Å². The van der Waals surface area contributed by atoms with Gasteiger partial charge in [0.05, 0.1) is 6.20 Å². The molecule has 0 saturated heterocycles. The fraction of sp³-hybridized carbons (Fsp3) is 0.441. The third-order valence-electron chi connectivity index (χ3n) is 6.33. The van der Waals surface area contributed by atoms with Gasteiger partial charge in [0.25, 0.3) is 5.91 Å². The predicted octanol–water partition coefficient (Wildman–Crippen LogP) is 6.16. The first-order valence-corrected chi connectivity index (χ1v) is 14.2. The van der Waals surface area contributed by atoms with Crippen molar-refractivity contribution in [1.82, 2.24) is 10.3 Å². The molecule has 2 aromatic carbocycles. The second-order valence-corrected chi connectivity index (χ2v) is 13.6. The average Bonchev–Trinajstić information content (AvgIpc) is 2.85. The van der Waals surface area contributed by atoms with Gasteiger partial charge in [-0.1, -0.05) is 45.0 Å². The minimum Gasteiger partial charge on any atom is -0.506 e. The number of aryl methyl sites for hydroxylation is 1. The third-order valence-corrected chi connectivity index (χ3v) is 6.33. The summed E-state index contributed by atoms with van der Waals surface area (Å²) in [6.45, 7) is 17.8. The predicted molar refractivity (Wildman–Crippen MR) is 168 cm³/mol. The van der Waals surface area contributed by atoms with Crippen molar-refractivity contribution in [2.75, 3.05) is 6.54 Å². The van der Waals surface area contributed by atoms with E-state index >= 15 is 0 Å². The number of aliphatic imine (C=N–C) groups is 1. The van der Waals surface area contributed by atoms with Crippen LogP contribution in [0.15, 0.2) is 47.6 Å². The Morgan fingerprint density at radius 1 is 0.977 bits per heavy atom. The van der Waals surface area contributed by atoms with Gasteiger partial charge < -0.3 is 19.9 Å². The Balaban J connectivity index is 2.11. The molecule has 3 aromatic rings. The fourth-order valence-electron chi connectivity index (χ4n) is 4.52. The largest absolute Gasteiger partial charge is 0.506 e. The molecule has 0 unspecified atom stereocenters. The maximum Gasteiger partial charge on any atom is 0.329 e. The number of aromatic nitrogens is 1. The molecule has 0 bridgehead atoms. The highest BCUT2D eigenvalue weighted by molar-refractivity contribution is 6.08. The van der Waals surface area contributed by atoms with Crippen LogP contribution >= 0.6 is 0 Å². The van der Waals surface area contributed by atoms with Crippen LogP contribution < -0.4 is 5.32 Å². The number of esters is 2. The summed E-state index contributed by atoms with van der Waals surface area (Å²) in [4.78, 5) is 47.7. The summed E-state index contributed by atoms with van der Waals surface area (Å²) in [5.74, 6) is -1.61. The van der Waals surface area contributed by atoms with Crippen molar-refractivity contribution in [3.05, 3.63) is 59.4 Å². The number of fused-ring (bicyclic) bond motifs is 1. The van der Waals surface area contributed by atoms with E-state index in [0.717, 1.165) is 10.8 Å². The van der Waals surface area contributed by atoms with Gasteiger partial charge in [-0.05, 0) is 82.3 Å². The van der Waals surface area contributed by atoms with E-state index in [1.807, 2.05) is 45.0 Å². The van der Waals surface area contributed by atoms with Gasteiger partial charge in [-0.2, -0.15) is 0 Å². The Morgan fingerprint density at radius 3 is 2.21 bits per heavy atom. The number of hydrogen-bond donors (Lipinski definition) is 2. The number of rotatable bonds is 7. The van der Waals surface area contributed by atoms with Crippen molar-refractivity contribution in [2.24, 2.45) is 10.4 Å². The third kappa shape index (κ3) is 8.86. The first kappa shape index (κ1) is 33.2. The molecule has 0 fully saturated rings. The molecular formula is C34H43N3O6. The van der Waals surface area contributed by atoms with E-state index in [-0.39, 0.29) is 12.3 Å². The minimum absolute atomic E-state index is 0.134. The second kappa shape index (κ2) is 12.5. The number of amides is 1. The molecule has 43 heavy (non-hydrogen) atoms. The Labute approximate surface area is 253 Å². The van der Waals surface area contributed by atoms with Gasteiger partial charge >= 0.3 is 11.9 Å². The summed E-state index contributed by atoms with van der Waals surface area (Å²) in [6, 6.07) is 10.1. The van der Waals surface area contributed by atoms with E-state index in [0.29, 0.717) is 27.9 Å². The zero-order valence-corrected chi connectivity index (χ0v) is 26.8. The van der Waals surface area contributed by atoms with Gasteiger partial charge in [-0.3, -0.25) is 19.6 Å². The second-order valence-electron chi connectivity index (χ2n) is 13.6. The van der Waals surface area contributed by atoms with Crippen molar-refractivity contribution >= 4 is 34.8 Å². The number of ether oxygens (including phenoxy) is 2. The van der Waals surface area contributed by atoms with Crippen molar-refractivity contribution in [3.8, 4) is 16.9 Å². The van der Waals surface area contributed by atoms with E-state index in [2.05, 4.69) is 15.3 Å². The lowest BCUT2D eigenvalue weighted by Crippen LogP contribution is -2.51. The number of pyridine rings is 1. The Morgan fingerprint density at radius 2 is 1.60 bits per heavy atom. The van der Waals surface area contributed by atoms with Gasteiger partial charge in [-0.15, -0.1) is 0 Å². The summed E-state index contributed by atoms with van der Waals surface area (Å²) in [6.07, 6.45) is 2.74. The van der Waals surface area contributed by atoms with Gasteiger partial charge in [0.2, 0.25) is 0 Å². The van der Waals surface area contributed by atoms with Crippen LogP contribution in [0.2, 0.25) is 0 Å². The van der Waals surface area contributed by atoms with Crippen molar-refractivity contribution < 1.29 is 29.0 Å². The number of hydrogen-bond acceptors (Lipinski definition) is 8. The van der Waals surface area contributed by atoms with Crippen molar-refractivity contribution in [3.63, 3.8) is 0 Å². The molecule has 0 aliphatic carbocycles. The normalized spacial score (nSPS) is 13.2. The van der Waals surface area contributed by atoms with Crippen molar-refractivity contribution in [1.29, 1.82) is 0 Å². The number of nitrogens with one attached hydrogen (secondary N) is 1. The minimum atomic E-state index is -0.908. The zero-order chi connectivity index (χ0) is 32.3. The Bertz CT molecular complexity index is 1560. The highest BCUT2D eigenvalue weighted by atomic mass is 16.6. The van der Waals surface area contributed by atoms with Gasteiger partial charge in [0.15, 0.2) is 0 Å². The lowest BCUT2D eigenvalue weighted by Gasteiger charge is -2.32. The lowest BCUT2D eigenvalue weighted by atomic mass is 9.86. The maximum atomic E-state index is 13.7. The number of carbonyl (C=O) groups excluding carboxylic acids is 3. The molecule has 1 aromatic heterocycles. The molecule has 2 N–H and O–H groups in total. The molecule has 3 rings (SSSR count). The summed E-state index contributed by atoms with van der Waals surface area (Å²) in [5, 5.41) is 15.3. The van der Waals surface area contributed by atoms with Gasteiger partial charge in [-0.25, -0.2) is 4.79 Å². The smallest absolute Gasteiger partial charge is 0.329 e. The quantitative estimate of drug-likeness (QED) is 0.249. The molecule has 0 radical (unpaired) electrons. The van der Waals surface area contributed by atoms with Crippen LogP contribution in [-0.4, -0.2) is 57.9 Å². The first-order valence-electron chi connectivity index (χ1n) is 14.2.